The number of hydrogen-bond donors (Lipinski definition) is 3. The quantitative estimate of drug-likeness (QED) is 0.664. The minimum atomic E-state index is 0.731. The topological polar surface area (TPSA) is 82.3 Å². The van der Waals surface area contributed by atoms with Crippen LogP contribution in [0.3, 0.4) is 0 Å². The number of aromatic amines is 2. The van der Waals surface area contributed by atoms with Crippen molar-refractivity contribution in [3.8, 4) is 0 Å². The number of H-pyrrole nitrogens is 2. The van der Waals surface area contributed by atoms with E-state index in [-0.39, 0.29) is 0 Å². The van der Waals surface area contributed by atoms with Crippen LogP contribution in [0.25, 0.3) is 0 Å². The van der Waals surface area contributed by atoms with Gasteiger partial charge in [0, 0.05) is 16.8 Å². The molecule has 7 heteroatoms. The lowest BCUT2D eigenvalue weighted by Gasteiger charge is -2.05. The molecule has 0 saturated carbocycles. The van der Waals surface area contributed by atoms with Crippen LogP contribution in [0.1, 0.15) is 5.69 Å². The van der Waals surface area contributed by atoms with Crippen molar-refractivity contribution in [2.45, 2.75) is 16.6 Å². The zero-order chi connectivity index (χ0) is 12.9. The van der Waals surface area contributed by atoms with E-state index in [4.69, 9.17) is 0 Å². The third-order valence-electron chi connectivity index (χ3n) is 2.50. The van der Waals surface area contributed by atoms with Gasteiger partial charge in [0.05, 0.1) is 12.2 Å². The SMILES string of the molecule is c1cc(CNc2ccc(Sc3ncn[nH]3)cc2)[nH]n1. The maximum atomic E-state index is 4.07. The number of anilines is 1. The zero-order valence-corrected chi connectivity index (χ0v) is 10.8. The van der Waals surface area contributed by atoms with E-state index < -0.39 is 0 Å². The van der Waals surface area contributed by atoms with Gasteiger partial charge in [-0.25, -0.2) is 4.98 Å². The summed E-state index contributed by atoms with van der Waals surface area (Å²) in [7, 11) is 0. The van der Waals surface area contributed by atoms with Gasteiger partial charge in [0.25, 0.3) is 0 Å². The fourth-order valence-electron chi connectivity index (χ4n) is 1.58. The summed E-state index contributed by atoms with van der Waals surface area (Å²) in [5.74, 6) is 0. The lowest BCUT2D eigenvalue weighted by atomic mass is 10.3. The fraction of sp³-hybridized carbons (Fsp3) is 0.0833. The second kappa shape index (κ2) is 5.57. The summed E-state index contributed by atoms with van der Waals surface area (Å²) in [6.45, 7) is 0.731. The first-order valence-electron chi connectivity index (χ1n) is 5.75. The molecule has 0 atom stereocenters. The molecule has 3 N–H and O–H groups in total. The van der Waals surface area contributed by atoms with Crippen molar-refractivity contribution in [3.05, 3.63) is 48.5 Å². The van der Waals surface area contributed by atoms with E-state index in [1.807, 2.05) is 30.3 Å². The van der Waals surface area contributed by atoms with Crippen LogP contribution >= 0.6 is 11.8 Å². The highest BCUT2D eigenvalue weighted by Crippen LogP contribution is 2.25. The van der Waals surface area contributed by atoms with Crippen LogP contribution in [0.15, 0.2) is 52.9 Å². The molecule has 0 aliphatic rings. The van der Waals surface area contributed by atoms with Gasteiger partial charge in [0.1, 0.15) is 6.33 Å². The molecule has 1 aromatic carbocycles. The molecule has 0 unspecified atom stereocenters. The largest absolute Gasteiger partial charge is 0.379 e. The first-order valence-corrected chi connectivity index (χ1v) is 6.57. The summed E-state index contributed by atoms with van der Waals surface area (Å²) < 4.78 is 0. The summed E-state index contributed by atoms with van der Waals surface area (Å²) in [4.78, 5) is 5.19. The lowest BCUT2D eigenvalue weighted by molar-refractivity contribution is 0.973. The summed E-state index contributed by atoms with van der Waals surface area (Å²) in [5, 5.41) is 17.6. The molecule has 0 fully saturated rings. The normalized spacial score (nSPS) is 10.5. The van der Waals surface area contributed by atoms with Gasteiger partial charge in [0.2, 0.25) is 0 Å². The maximum absolute atomic E-state index is 4.07. The predicted molar refractivity (Wildman–Crippen MR) is 72.9 cm³/mol. The van der Waals surface area contributed by atoms with Crippen LogP contribution in [0.4, 0.5) is 5.69 Å². The molecule has 2 aromatic heterocycles. The maximum Gasteiger partial charge on any atom is 0.188 e. The highest BCUT2D eigenvalue weighted by molar-refractivity contribution is 7.99. The molecule has 0 radical (unpaired) electrons. The molecular formula is C12H12N6S. The Hall–Kier alpha value is -2.28. The van der Waals surface area contributed by atoms with Crippen LogP contribution in [-0.2, 0) is 6.54 Å². The number of hydrogen-bond acceptors (Lipinski definition) is 5. The number of rotatable bonds is 5. The Morgan fingerprint density at radius 1 is 1.05 bits per heavy atom. The van der Waals surface area contributed by atoms with Crippen LogP contribution in [0.2, 0.25) is 0 Å². The van der Waals surface area contributed by atoms with Gasteiger partial charge in [-0.05, 0) is 30.3 Å². The highest BCUT2D eigenvalue weighted by atomic mass is 32.2. The number of benzene rings is 1. The monoisotopic (exact) mass is 272 g/mol. The average molecular weight is 272 g/mol. The summed E-state index contributed by atoms with van der Waals surface area (Å²) in [5.41, 5.74) is 2.12. The van der Waals surface area contributed by atoms with Crippen LogP contribution in [0.5, 0.6) is 0 Å². The molecule has 0 bridgehead atoms. The van der Waals surface area contributed by atoms with Crippen molar-refractivity contribution >= 4 is 17.4 Å². The van der Waals surface area contributed by atoms with E-state index in [0.717, 1.165) is 28.0 Å². The van der Waals surface area contributed by atoms with E-state index in [1.54, 1.807) is 18.0 Å². The number of aromatic nitrogens is 5. The molecule has 19 heavy (non-hydrogen) atoms. The summed E-state index contributed by atoms with van der Waals surface area (Å²) in [6.07, 6.45) is 3.25. The average Bonchev–Trinajstić information content (AvgIpc) is 3.11. The molecule has 3 aromatic rings. The minimum Gasteiger partial charge on any atom is -0.379 e. The van der Waals surface area contributed by atoms with Crippen molar-refractivity contribution in [2.75, 3.05) is 5.32 Å². The molecule has 3 rings (SSSR count). The van der Waals surface area contributed by atoms with E-state index in [9.17, 15) is 0 Å². The van der Waals surface area contributed by atoms with Crippen molar-refractivity contribution in [1.29, 1.82) is 0 Å². The fourth-order valence-corrected chi connectivity index (χ4v) is 2.27. The second-order valence-corrected chi connectivity index (χ2v) is 4.91. The zero-order valence-electron chi connectivity index (χ0n) is 10.00. The van der Waals surface area contributed by atoms with E-state index in [1.165, 1.54) is 6.33 Å². The van der Waals surface area contributed by atoms with Gasteiger partial charge in [-0.1, -0.05) is 11.8 Å². The first kappa shape index (κ1) is 11.8. The third-order valence-corrected chi connectivity index (χ3v) is 3.40. The van der Waals surface area contributed by atoms with Crippen LogP contribution in [0, 0.1) is 0 Å². The predicted octanol–water partition coefficient (Wildman–Crippen LogP) is 2.29. The third kappa shape index (κ3) is 3.14. The molecular weight excluding hydrogens is 260 g/mol. The summed E-state index contributed by atoms with van der Waals surface area (Å²) >= 11 is 1.55. The standard InChI is InChI=1S/C12H12N6S/c1-3-11(19-12-14-8-16-18-12)4-2-9(1)13-7-10-5-6-15-17-10/h1-6,8,13H,7H2,(H,15,17)(H,14,16,18). The Kier molecular flexibility index (Phi) is 3.46. The first-order chi connectivity index (χ1) is 9.40. The van der Waals surface area contributed by atoms with E-state index >= 15 is 0 Å². The Morgan fingerprint density at radius 3 is 2.63 bits per heavy atom. The molecule has 0 aliphatic heterocycles. The molecule has 96 valence electrons. The van der Waals surface area contributed by atoms with Crippen molar-refractivity contribution in [2.24, 2.45) is 0 Å². The molecule has 0 saturated heterocycles. The van der Waals surface area contributed by atoms with Gasteiger partial charge in [-0.3, -0.25) is 10.2 Å². The van der Waals surface area contributed by atoms with E-state index in [0.29, 0.717) is 0 Å². The smallest absolute Gasteiger partial charge is 0.188 e. The molecule has 0 amide bonds. The Balaban J connectivity index is 1.59. The van der Waals surface area contributed by atoms with Gasteiger partial charge in [-0.15, -0.1) is 0 Å². The lowest BCUT2D eigenvalue weighted by Crippen LogP contribution is -1.99. The van der Waals surface area contributed by atoms with Crippen LogP contribution < -0.4 is 5.32 Å². The molecule has 0 aliphatic carbocycles. The highest BCUT2D eigenvalue weighted by Gasteiger charge is 2.00. The Labute approximate surface area is 114 Å². The van der Waals surface area contributed by atoms with Gasteiger partial charge in [0.15, 0.2) is 5.16 Å². The molecule has 6 nitrogen and oxygen atoms in total. The Morgan fingerprint density at radius 2 is 1.95 bits per heavy atom. The number of nitrogens with zero attached hydrogens (tertiary/aromatic N) is 3. The Bertz CT molecular complexity index is 602. The van der Waals surface area contributed by atoms with Crippen molar-refractivity contribution in [1.82, 2.24) is 25.4 Å². The van der Waals surface area contributed by atoms with Crippen LogP contribution in [-0.4, -0.2) is 25.4 Å². The number of nitrogens with one attached hydrogen (secondary N) is 3. The minimum absolute atomic E-state index is 0.731. The molecule has 0 spiro atoms. The van der Waals surface area contributed by atoms with Gasteiger partial charge in [-0.2, -0.15) is 10.2 Å². The molecule has 2 heterocycles. The summed E-state index contributed by atoms with van der Waals surface area (Å²) in [6, 6.07) is 10.1. The van der Waals surface area contributed by atoms with Crippen molar-refractivity contribution in [3.63, 3.8) is 0 Å². The van der Waals surface area contributed by atoms with Gasteiger partial charge < -0.3 is 5.32 Å². The second-order valence-electron chi connectivity index (χ2n) is 3.85. The van der Waals surface area contributed by atoms with Crippen molar-refractivity contribution < 1.29 is 0 Å². The van der Waals surface area contributed by atoms with Gasteiger partial charge >= 0.3 is 0 Å². The van der Waals surface area contributed by atoms with E-state index in [2.05, 4.69) is 30.7 Å².